The number of nitrogens with two attached hydrogens (primary N) is 1. The van der Waals surface area contributed by atoms with Gasteiger partial charge in [-0.1, -0.05) is 22.9 Å². The molecule has 1 aromatic rings. The Morgan fingerprint density at radius 1 is 1.47 bits per heavy atom. The molecule has 0 heterocycles. The van der Waals surface area contributed by atoms with Crippen LogP contribution in [0.4, 0.5) is 0 Å². The zero-order valence-electron chi connectivity index (χ0n) is 10.00. The Kier molecular flexibility index (Phi) is 5.49. The predicted octanol–water partition coefficient (Wildman–Crippen LogP) is 2.39. The highest BCUT2D eigenvalue weighted by Gasteiger charge is 2.29. The average molecular weight is 317 g/mol. The summed E-state index contributed by atoms with van der Waals surface area (Å²) in [4.78, 5) is 12.5. The van der Waals surface area contributed by atoms with Gasteiger partial charge in [0.25, 0.3) is 0 Å². The van der Waals surface area contributed by atoms with Crippen molar-refractivity contribution in [3.05, 3.63) is 28.7 Å². The minimum atomic E-state index is -0.660. The first-order valence-corrected chi connectivity index (χ1v) is 7.19. The van der Waals surface area contributed by atoms with Gasteiger partial charge >= 0.3 is 0 Å². The van der Waals surface area contributed by atoms with Crippen LogP contribution in [0.5, 0.6) is 0 Å². The van der Waals surface area contributed by atoms with Gasteiger partial charge in [0.1, 0.15) is 5.54 Å². The summed E-state index contributed by atoms with van der Waals surface area (Å²) in [5.41, 5.74) is 4.76. The van der Waals surface area contributed by atoms with Crippen molar-refractivity contribution in [2.24, 2.45) is 5.73 Å². The lowest BCUT2D eigenvalue weighted by atomic mass is 10.1. The first-order valence-electron chi connectivity index (χ1n) is 5.41. The quantitative estimate of drug-likeness (QED) is 0.792. The fraction of sp³-hybridized carbons (Fsp3) is 0.417. The molecule has 0 spiro atoms. The molecule has 0 aromatic heterocycles. The maximum absolute atomic E-state index is 11.4. The molecule has 94 valence electrons. The summed E-state index contributed by atoms with van der Waals surface area (Å²) in [6, 6.07) is 8.00. The van der Waals surface area contributed by atoms with Gasteiger partial charge in [0.05, 0.1) is 0 Å². The molecule has 0 fully saturated rings. The fourth-order valence-electron chi connectivity index (χ4n) is 1.36. The van der Waals surface area contributed by atoms with Crippen molar-refractivity contribution in [3.8, 4) is 0 Å². The molecule has 0 aliphatic rings. The number of carbonyl (C=O) groups excluding carboxylic acids is 1. The third-order valence-corrected chi connectivity index (χ3v) is 4.31. The monoisotopic (exact) mass is 316 g/mol. The average Bonchev–Trinajstić information content (AvgIpc) is 2.28. The van der Waals surface area contributed by atoms with Crippen molar-refractivity contribution in [2.75, 3.05) is 12.3 Å². The zero-order valence-corrected chi connectivity index (χ0v) is 12.4. The van der Waals surface area contributed by atoms with Gasteiger partial charge in [-0.15, -0.1) is 11.8 Å². The fourth-order valence-corrected chi connectivity index (χ4v) is 2.65. The van der Waals surface area contributed by atoms with E-state index in [2.05, 4.69) is 21.2 Å². The molecule has 5 heteroatoms. The first kappa shape index (κ1) is 14.5. The Morgan fingerprint density at radius 2 is 2.06 bits per heavy atom. The molecular formula is C12H17BrN2OS. The topological polar surface area (TPSA) is 55.1 Å². The number of hydrogen-bond donors (Lipinski definition) is 2. The van der Waals surface area contributed by atoms with Crippen molar-refractivity contribution in [3.63, 3.8) is 0 Å². The van der Waals surface area contributed by atoms with E-state index in [1.807, 2.05) is 38.1 Å². The summed E-state index contributed by atoms with van der Waals surface area (Å²) < 4.78 is 1.05. The van der Waals surface area contributed by atoms with Gasteiger partial charge in [-0.25, -0.2) is 0 Å². The number of carbonyl (C=O) groups is 1. The second-order valence-electron chi connectivity index (χ2n) is 3.97. The molecule has 3 N–H and O–H groups in total. The van der Waals surface area contributed by atoms with Gasteiger partial charge in [-0.3, -0.25) is 4.79 Å². The standard InChI is InChI=1S/C12H17BrN2OS/c1-3-15-12(2,11(14)16)8-17-10-6-4-9(13)5-7-10/h4-7,15H,3,8H2,1-2H3,(H2,14,16). The molecule has 0 aliphatic carbocycles. The van der Waals surface area contributed by atoms with Crippen LogP contribution in [0.1, 0.15) is 13.8 Å². The lowest BCUT2D eigenvalue weighted by molar-refractivity contribution is -0.122. The van der Waals surface area contributed by atoms with Gasteiger partial charge in [-0.2, -0.15) is 0 Å². The van der Waals surface area contributed by atoms with Crippen LogP contribution in [-0.2, 0) is 4.79 Å². The molecular weight excluding hydrogens is 300 g/mol. The molecule has 1 unspecified atom stereocenters. The molecule has 1 rings (SSSR count). The highest BCUT2D eigenvalue weighted by molar-refractivity contribution is 9.10. The van der Waals surface area contributed by atoms with E-state index in [1.54, 1.807) is 11.8 Å². The second-order valence-corrected chi connectivity index (χ2v) is 5.93. The van der Waals surface area contributed by atoms with Gasteiger partial charge in [0, 0.05) is 15.1 Å². The normalized spacial score (nSPS) is 14.3. The number of primary amides is 1. The van der Waals surface area contributed by atoms with Crippen LogP contribution in [0, 0.1) is 0 Å². The maximum atomic E-state index is 11.4. The minimum absolute atomic E-state index is 0.316. The van der Waals surface area contributed by atoms with Crippen molar-refractivity contribution < 1.29 is 4.79 Å². The smallest absolute Gasteiger partial charge is 0.238 e. The number of nitrogens with one attached hydrogen (secondary N) is 1. The van der Waals surface area contributed by atoms with E-state index in [1.165, 1.54) is 0 Å². The molecule has 0 radical (unpaired) electrons. The Balaban J connectivity index is 2.64. The van der Waals surface area contributed by atoms with Gasteiger partial charge in [0.2, 0.25) is 5.91 Å². The molecule has 1 atom stereocenters. The molecule has 0 saturated carbocycles. The molecule has 3 nitrogen and oxygen atoms in total. The molecule has 17 heavy (non-hydrogen) atoms. The van der Waals surface area contributed by atoms with Crippen LogP contribution in [0.3, 0.4) is 0 Å². The zero-order chi connectivity index (χ0) is 12.9. The van der Waals surface area contributed by atoms with Crippen molar-refractivity contribution in [2.45, 2.75) is 24.3 Å². The Morgan fingerprint density at radius 3 is 2.53 bits per heavy atom. The highest BCUT2D eigenvalue weighted by atomic mass is 79.9. The molecule has 0 bridgehead atoms. The number of hydrogen-bond acceptors (Lipinski definition) is 3. The molecule has 1 aromatic carbocycles. The van der Waals surface area contributed by atoms with Crippen LogP contribution in [0.15, 0.2) is 33.6 Å². The summed E-state index contributed by atoms with van der Waals surface area (Å²) in [5, 5.41) is 3.14. The lowest BCUT2D eigenvalue weighted by Crippen LogP contribution is -2.55. The van der Waals surface area contributed by atoms with Crippen molar-refractivity contribution >= 4 is 33.6 Å². The largest absolute Gasteiger partial charge is 0.368 e. The van der Waals surface area contributed by atoms with E-state index in [-0.39, 0.29) is 5.91 Å². The molecule has 0 saturated heterocycles. The Hall–Kier alpha value is -0.520. The third-order valence-electron chi connectivity index (χ3n) is 2.45. The molecule has 1 amide bonds. The van der Waals surface area contributed by atoms with E-state index < -0.39 is 5.54 Å². The summed E-state index contributed by atoms with van der Waals surface area (Å²) >= 11 is 5.01. The minimum Gasteiger partial charge on any atom is -0.368 e. The van der Waals surface area contributed by atoms with E-state index in [4.69, 9.17) is 5.73 Å². The van der Waals surface area contributed by atoms with Crippen LogP contribution >= 0.6 is 27.7 Å². The summed E-state index contributed by atoms with van der Waals surface area (Å²) in [7, 11) is 0. The maximum Gasteiger partial charge on any atom is 0.238 e. The van der Waals surface area contributed by atoms with E-state index in [9.17, 15) is 4.79 Å². The van der Waals surface area contributed by atoms with Crippen molar-refractivity contribution in [1.82, 2.24) is 5.32 Å². The first-order chi connectivity index (χ1) is 7.98. The van der Waals surface area contributed by atoms with Crippen LogP contribution in [-0.4, -0.2) is 23.7 Å². The predicted molar refractivity (Wildman–Crippen MR) is 76.1 cm³/mol. The second kappa shape index (κ2) is 6.42. The number of halogens is 1. The Labute approximate surface area is 115 Å². The SMILES string of the molecule is CCNC(C)(CSc1ccc(Br)cc1)C(N)=O. The summed E-state index contributed by atoms with van der Waals surface area (Å²) in [6.07, 6.45) is 0. The molecule has 0 aliphatic heterocycles. The van der Waals surface area contributed by atoms with E-state index in [0.29, 0.717) is 5.75 Å². The lowest BCUT2D eigenvalue weighted by Gasteiger charge is -2.26. The Bertz CT molecular complexity index is 383. The number of benzene rings is 1. The van der Waals surface area contributed by atoms with Gasteiger partial charge in [0.15, 0.2) is 0 Å². The summed E-state index contributed by atoms with van der Waals surface area (Å²) in [5.74, 6) is 0.307. The number of rotatable bonds is 6. The van der Waals surface area contributed by atoms with Crippen molar-refractivity contribution in [1.29, 1.82) is 0 Å². The number of thioether (sulfide) groups is 1. The van der Waals surface area contributed by atoms with Gasteiger partial charge in [-0.05, 0) is 37.7 Å². The number of amides is 1. The van der Waals surface area contributed by atoms with E-state index >= 15 is 0 Å². The third kappa shape index (κ3) is 4.33. The summed E-state index contributed by atoms with van der Waals surface area (Å²) in [6.45, 7) is 4.52. The van der Waals surface area contributed by atoms with Crippen LogP contribution < -0.4 is 11.1 Å². The highest BCUT2D eigenvalue weighted by Crippen LogP contribution is 2.24. The van der Waals surface area contributed by atoms with Crippen LogP contribution in [0.2, 0.25) is 0 Å². The number of likely N-dealkylation sites (N-methyl/N-ethyl adjacent to an activating group) is 1. The van der Waals surface area contributed by atoms with Gasteiger partial charge < -0.3 is 11.1 Å². The van der Waals surface area contributed by atoms with Crippen LogP contribution in [0.25, 0.3) is 0 Å². The van der Waals surface area contributed by atoms with E-state index in [0.717, 1.165) is 15.9 Å².